The Labute approximate surface area is 115 Å². The largest absolute Gasteiger partial charge is 0.334 e. The summed E-state index contributed by atoms with van der Waals surface area (Å²) in [5.74, 6) is 0.666. The van der Waals surface area contributed by atoms with Gasteiger partial charge in [0.2, 0.25) is 0 Å². The second-order valence-electron chi connectivity index (χ2n) is 4.61. The molecule has 0 saturated heterocycles. The summed E-state index contributed by atoms with van der Waals surface area (Å²) in [6, 6.07) is 4.52. The van der Waals surface area contributed by atoms with Crippen molar-refractivity contribution in [2.24, 2.45) is 5.73 Å². The van der Waals surface area contributed by atoms with Gasteiger partial charge in [-0.05, 0) is 19.4 Å². The van der Waals surface area contributed by atoms with Crippen LogP contribution in [0.1, 0.15) is 37.2 Å². The van der Waals surface area contributed by atoms with Crippen LogP contribution in [0.5, 0.6) is 0 Å². The number of hydrogen-bond donors (Lipinski definition) is 1. The van der Waals surface area contributed by atoms with E-state index in [-0.39, 0.29) is 17.6 Å². The number of benzene rings is 1. The van der Waals surface area contributed by atoms with Crippen molar-refractivity contribution in [3.8, 4) is 11.5 Å². The van der Waals surface area contributed by atoms with Gasteiger partial charge in [0, 0.05) is 17.2 Å². The first kappa shape index (κ1) is 14.1. The smallest absolute Gasteiger partial charge is 0.273 e. The molecule has 0 aliphatic rings. The zero-order valence-electron chi connectivity index (χ0n) is 11.4. The Kier molecular flexibility index (Phi) is 4.09. The van der Waals surface area contributed by atoms with Gasteiger partial charge in [0.1, 0.15) is 0 Å². The second kappa shape index (κ2) is 5.79. The van der Waals surface area contributed by atoms with Crippen molar-refractivity contribution in [2.45, 2.75) is 32.7 Å². The third-order valence-corrected chi connectivity index (χ3v) is 3.03. The van der Waals surface area contributed by atoms with Gasteiger partial charge in [0.25, 0.3) is 11.6 Å². The van der Waals surface area contributed by atoms with Crippen LogP contribution in [0.15, 0.2) is 22.7 Å². The molecule has 0 fully saturated rings. The minimum absolute atomic E-state index is 0.0279. The molecule has 1 aromatic heterocycles. The molecule has 7 heteroatoms. The van der Waals surface area contributed by atoms with Crippen molar-refractivity contribution in [3.05, 3.63) is 39.7 Å². The van der Waals surface area contributed by atoms with E-state index in [4.69, 9.17) is 10.3 Å². The summed E-state index contributed by atoms with van der Waals surface area (Å²) in [7, 11) is 0. The van der Waals surface area contributed by atoms with E-state index >= 15 is 0 Å². The first-order valence-corrected chi connectivity index (χ1v) is 6.37. The molecule has 1 aromatic carbocycles. The molecule has 0 saturated carbocycles. The van der Waals surface area contributed by atoms with Crippen molar-refractivity contribution < 1.29 is 9.45 Å². The lowest BCUT2D eigenvalue weighted by molar-refractivity contribution is -0.385. The molecule has 7 nitrogen and oxygen atoms in total. The van der Waals surface area contributed by atoms with Crippen LogP contribution >= 0.6 is 0 Å². The fourth-order valence-electron chi connectivity index (χ4n) is 1.88. The average Bonchev–Trinajstić information content (AvgIpc) is 2.89. The Balaban J connectivity index is 2.33. The second-order valence-corrected chi connectivity index (χ2v) is 4.61. The van der Waals surface area contributed by atoms with Crippen LogP contribution < -0.4 is 5.73 Å². The Morgan fingerprint density at radius 1 is 1.50 bits per heavy atom. The predicted molar refractivity (Wildman–Crippen MR) is 73.0 cm³/mol. The molecule has 0 spiro atoms. The van der Waals surface area contributed by atoms with Crippen LogP contribution in [-0.4, -0.2) is 15.1 Å². The Bertz CT molecular complexity index is 624. The summed E-state index contributed by atoms with van der Waals surface area (Å²) in [4.78, 5) is 14.7. The highest BCUT2D eigenvalue weighted by molar-refractivity contribution is 5.59. The topological polar surface area (TPSA) is 108 Å². The summed E-state index contributed by atoms with van der Waals surface area (Å²) in [6.07, 6.45) is 1.67. The van der Waals surface area contributed by atoms with Gasteiger partial charge in [0.15, 0.2) is 5.82 Å². The third kappa shape index (κ3) is 2.83. The van der Waals surface area contributed by atoms with Gasteiger partial charge >= 0.3 is 0 Å². The summed E-state index contributed by atoms with van der Waals surface area (Å²) in [5, 5.41) is 14.7. The minimum atomic E-state index is -0.432. The molecule has 0 aliphatic heterocycles. The van der Waals surface area contributed by atoms with Crippen LogP contribution in [0.4, 0.5) is 5.69 Å². The van der Waals surface area contributed by atoms with E-state index in [0.717, 1.165) is 12.8 Å². The number of nitrogens with two attached hydrogens (primary N) is 1. The monoisotopic (exact) mass is 276 g/mol. The number of nitrogens with zero attached hydrogens (tertiary/aromatic N) is 3. The fraction of sp³-hybridized carbons (Fsp3) is 0.385. The number of rotatable bonds is 5. The van der Waals surface area contributed by atoms with Crippen LogP contribution in [0.2, 0.25) is 0 Å². The predicted octanol–water partition coefficient (Wildman–Crippen LogP) is 2.75. The molecule has 0 bridgehead atoms. The van der Waals surface area contributed by atoms with E-state index < -0.39 is 4.92 Å². The first-order valence-electron chi connectivity index (χ1n) is 6.37. The standard InChI is InChI=1S/C13H16N4O3/c1-3-4-10(14)12-15-13(20-16-12)9-6-5-8(2)11(7-9)17(18)19/h5-7,10H,3-4,14H2,1-2H3. The number of hydrogen-bond acceptors (Lipinski definition) is 6. The van der Waals surface area contributed by atoms with Gasteiger partial charge in [-0.2, -0.15) is 4.98 Å². The van der Waals surface area contributed by atoms with E-state index in [1.165, 1.54) is 6.07 Å². The third-order valence-electron chi connectivity index (χ3n) is 3.03. The molecular formula is C13H16N4O3. The van der Waals surface area contributed by atoms with Gasteiger partial charge in [-0.3, -0.25) is 10.1 Å². The fourth-order valence-corrected chi connectivity index (χ4v) is 1.88. The molecule has 1 atom stereocenters. The molecule has 1 unspecified atom stereocenters. The number of nitro groups is 1. The van der Waals surface area contributed by atoms with Gasteiger partial charge in [-0.25, -0.2) is 0 Å². The Hall–Kier alpha value is -2.28. The van der Waals surface area contributed by atoms with Crippen molar-refractivity contribution in [3.63, 3.8) is 0 Å². The van der Waals surface area contributed by atoms with Gasteiger partial charge in [-0.1, -0.05) is 24.6 Å². The van der Waals surface area contributed by atoms with Crippen LogP contribution in [0.3, 0.4) is 0 Å². The molecule has 0 aliphatic carbocycles. The van der Waals surface area contributed by atoms with Gasteiger partial charge < -0.3 is 10.3 Å². The molecule has 0 radical (unpaired) electrons. The Morgan fingerprint density at radius 3 is 2.90 bits per heavy atom. The molecule has 1 heterocycles. The summed E-state index contributed by atoms with van der Waals surface area (Å²) < 4.78 is 5.13. The lowest BCUT2D eigenvalue weighted by Crippen LogP contribution is -2.11. The summed E-state index contributed by atoms with van der Waals surface area (Å²) in [6.45, 7) is 3.70. The van der Waals surface area contributed by atoms with E-state index in [1.54, 1.807) is 19.1 Å². The number of nitro benzene ring substituents is 1. The maximum atomic E-state index is 10.9. The lowest BCUT2D eigenvalue weighted by Gasteiger charge is -2.02. The zero-order chi connectivity index (χ0) is 14.7. The maximum Gasteiger partial charge on any atom is 0.273 e. The van der Waals surface area contributed by atoms with Gasteiger partial charge in [-0.15, -0.1) is 0 Å². The Morgan fingerprint density at radius 2 is 2.25 bits per heavy atom. The van der Waals surface area contributed by atoms with Crippen molar-refractivity contribution >= 4 is 5.69 Å². The van der Waals surface area contributed by atoms with Gasteiger partial charge in [0.05, 0.1) is 11.0 Å². The quantitative estimate of drug-likeness (QED) is 0.664. The normalized spacial score (nSPS) is 12.3. The average molecular weight is 276 g/mol. The molecule has 20 heavy (non-hydrogen) atoms. The minimum Gasteiger partial charge on any atom is -0.334 e. The number of aromatic nitrogens is 2. The molecule has 2 N–H and O–H groups in total. The van der Waals surface area contributed by atoms with Crippen LogP contribution in [0, 0.1) is 17.0 Å². The highest BCUT2D eigenvalue weighted by Crippen LogP contribution is 2.26. The van der Waals surface area contributed by atoms with Crippen molar-refractivity contribution in [2.75, 3.05) is 0 Å². The molecule has 0 amide bonds. The van der Waals surface area contributed by atoms with Crippen molar-refractivity contribution in [1.29, 1.82) is 0 Å². The van der Waals surface area contributed by atoms with E-state index in [1.807, 2.05) is 6.92 Å². The first-order chi connectivity index (χ1) is 9.52. The molecular weight excluding hydrogens is 260 g/mol. The zero-order valence-corrected chi connectivity index (χ0v) is 11.4. The molecule has 2 aromatic rings. The highest BCUT2D eigenvalue weighted by atomic mass is 16.6. The highest BCUT2D eigenvalue weighted by Gasteiger charge is 2.18. The maximum absolute atomic E-state index is 10.9. The summed E-state index contributed by atoms with van der Waals surface area (Å²) >= 11 is 0. The molecule has 2 rings (SSSR count). The lowest BCUT2D eigenvalue weighted by atomic mass is 10.1. The number of aryl methyl sites for hydroxylation is 1. The van der Waals surface area contributed by atoms with Crippen LogP contribution in [0.25, 0.3) is 11.5 Å². The van der Waals surface area contributed by atoms with E-state index in [0.29, 0.717) is 17.0 Å². The van der Waals surface area contributed by atoms with Crippen molar-refractivity contribution in [1.82, 2.24) is 10.1 Å². The van der Waals surface area contributed by atoms with E-state index in [2.05, 4.69) is 10.1 Å². The van der Waals surface area contributed by atoms with E-state index in [9.17, 15) is 10.1 Å². The molecule has 106 valence electrons. The SMILES string of the molecule is CCCC(N)c1noc(-c2ccc(C)c([N+](=O)[O-])c2)n1. The summed E-state index contributed by atoms with van der Waals surface area (Å²) in [5.41, 5.74) is 7.04. The van der Waals surface area contributed by atoms with Crippen LogP contribution in [-0.2, 0) is 0 Å².